The number of carbonyl (C=O) groups excluding carboxylic acids is 1. The van der Waals surface area contributed by atoms with Crippen molar-refractivity contribution in [2.75, 3.05) is 39.4 Å². The molecule has 42 heavy (non-hydrogen) atoms. The van der Waals surface area contributed by atoms with Gasteiger partial charge in [-0.3, -0.25) is 4.79 Å². The van der Waals surface area contributed by atoms with Crippen LogP contribution in [-0.2, 0) is 0 Å². The number of likely N-dealkylation sites (tertiary alicyclic amines) is 1. The number of aromatic nitrogens is 2. The smallest absolute Gasteiger partial charge is 0.251 e. The largest absolute Gasteiger partial charge is 0.494 e. The van der Waals surface area contributed by atoms with Crippen LogP contribution in [0.4, 0.5) is 0 Å². The Labute approximate surface area is 249 Å². The number of nitrogens with zero attached hydrogens (tertiary/aromatic N) is 3. The molecule has 0 aliphatic carbocycles. The summed E-state index contributed by atoms with van der Waals surface area (Å²) in [6.07, 6.45) is 2.52. The molecule has 7 heteroatoms. The lowest BCUT2D eigenvalue weighted by Gasteiger charge is -2.32. The van der Waals surface area contributed by atoms with Gasteiger partial charge in [-0.2, -0.15) is 0 Å². The average Bonchev–Trinajstić information content (AvgIpc) is 3.01. The van der Waals surface area contributed by atoms with E-state index in [4.69, 9.17) is 19.4 Å². The van der Waals surface area contributed by atoms with Crippen LogP contribution < -0.4 is 14.8 Å². The standard InChI is InChI=1S/C35H42N4O3/c1-5-41-29-12-7-26(8-13-29)33-34(27-9-14-30(15-10-27)42-6-2)38-32-21-28(11-16-31(32)37-33)35(40)36-22-25(4)23-39-19-17-24(3)18-20-39/h7-16,21,24-25H,5-6,17-20,22-23H2,1-4H3,(H,36,40)/t25-/m0/s1. The van der Waals surface area contributed by atoms with Gasteiger partial charge in [0.05, 0.1) is 35.6 Å². The molecule has 1 saturated heterocycles. The predicted octanol–water partition coefficient (Wildman–Crippen LogP) is 6.86. The highest BCUT2D eigenvalue weighted by Crippen LogP contribution is 2.33. The van der Waals surface area contributed by atoms with Gasteiger partial charge in [0.25, 0.3) is 5.91 Å². The van der Waals surface area contributed by atoms with Gasteiger partial charge in [0.1, 0.15) is 11.5 Å². The van der Waals surface area contributed by atoms with E-state index in [1.54, 1.807) is 0 Å². The zero-order valence-corrected chi connectivity index (χ0v) is 25.2. The molecule has 0 radical (unpaired) electrons. The molecule has 0 saturated carbocycles. The summed E-state index contributed by atoms with van der Waals surface area (Å²) in [6.45, 7) is 13.6. The van der Waals surface area contributed by atoms with Crippen LogP contribution in [0, 0.1) is 11.8 Å². The maximum Gasteiger partial charge on any atom is 0.251 e. The third-order valence-electron chi connectivity index (χ3n) is 7.86. The van der Waals surface area contributed by atoms with Crippen LogP contribution in [-0.4, -0.2) is 60.2 Å². The highest BCUT2D eigenvalue weighted by molar-refractivity contribution is 5.98. The minimum atomic E-state index is -0.0870. The molecule has 3 aromatic carbocycles. The summed E-state index contributed by atoms with van der Waals surface area (Å²) in [5.74, 6) is 2.73. The molecule has 0 spiro atoms. The minimum Gasteiger partial charge on any atom is -0.494 e. The van der Waals surface area contributed by atoms with Gasteiger partial charge < -0.3 is 19.7 Å². The summed E-state index contributed by atoms with van der Waals surface area (Å²) in [5, 5.41) is 3.14. The van der Waals surface area contributed by atoms with E-state index < -0.39 is 0 Å². The van der Waals surface area contributed by atoms with Gasteiger partial charge >= 0.3 is 0 Å². The number of benzene rings is 3. The molecule has 1 N–H and O–H groups in total. The lowest BCUT2D eigenvalue weighted by molar-refractivity contribution is 0.0941. The number of carbonyl (C=O) groups is 1. The second-order valence-corrected chi connectivity index (χ2v) is 11.3. The summed E-state index contributed by atoms with van der Waals surface area (Å²) in [7, 11) is 0. The number of hydrogen-bond donors (Lipinski definition) is 1. The molecule has 1 aliphatic rings. The second-order valence-electron chi connectivity index (χ2n) is 11.3. The Hall–Kier alpha value is -3.97. The quantitative estimate of drug-likeness (QED) is 0.214. The number of ether oxygens (including phenoxy) is 2. The maximum atomic E-state index is 13.2. The first kappa shape index (κ1) is 29.5. The first-order valence-electron chi connectivity index (χ1n) is 15.2. The Morgan fingerprint density at radius 2 is 1.40 bits per heavy atom. The Kier molecular flexibility index (Phi) is 9.70. The van der Waals surface area contributed by atoms with E-state index in [-0.39, 0.29) is 5.91 Å². The highest BCUT2D eigenvalue weighted by atomic mass is 16.5. The van der Waals surface area contributed by atoms with Crippen LogP contribution in [0.1, 0.15) is 50.9 Å². The number of fused-ring (bicyclic) bond motifs is 1. The van der Waals surface area contributed by atoms with E-state index in [9.17, 15) is 4.79 Å². The fraction of sp³-hybridized carbons (Fsp3) is 0.400. The molecule has 5 rings (SSSR count). The number of hydrogen-bond acceptors (Lipinski definition) is 6. The van der Waals surface area contributed by atoms with Crippen LogP contribution in [0.5, 0.6) is 11.5 Å². The van der Waals surface area contributed by atoms with Gasteiger partial charge in [-0.15, -0.1) is 0 Å². The van der Waals surface area contributed by atoms with Crippen molar-refractivity contribution in [1.29, 1.82) is 0 Å². The van der Waals surface area contributed by atoms with Gasteiger partial charge in [-0.05, 0) is 118 Å². The Morgan fingerprint density at radius 1 is 0.857 bits per heavy atom. The molecule has 0 bridgehead atoms. The summed E-state index contributed by atoms with van der Waals surface area (Å²) < 4.78 is 11.3. The van der Waals surface area contributed by atoms with Crippen molar-refractivity contribution in [2.24, 2.45) is 11.8 Å². The van der Waals surface area contributed by atoms with Gasteiger partial charge in [-0.25, -0.2) is 9.97 Å². The zero-order chi connectivity index (χ0) is 29.5. The molecule has 0 unspecified atom stereocenters. The Balaban J connectivity index is 1.39. The number of nitrogens with one attached hydrogen (secondary N) is 1. The molecular weight excluding hydrogens is 524 g/mol. The van der Waals surface area contributed by atoms with E-state index in [2.05, 4.69) is 24.1 Å². The van der Waals surface area contributed by atoms with E-state index >= 15 is 0 Å². The number of piperidine rings is 1. The maximum absolute atomic E-state index is 13.2. The third-order valence-corrected chi connectivity index (χ3v) is 7.86. The summed E-state index contributed by atoms with van der Waals surface area (Å²) in [4.78, 5) is 25.8. The van der Waals surface area contributed by atoms with E-state index in [0.717, 1.165) is 65.1 Å². The lowest BCUT2D eigenvalue weighted by Crippen LogP contribution is -2.39. The van der Waals surface area contributed by atoms with Gasteiger partial charge in [0.2, 0.25) is 0 Å². The van der Waals surface area contributed by atoms with Crippen LogP contribution in [0.2, 0.25) is 0 Å². The van der Waals surface area contributed by atoms with Gasteiger partial charge in [0.15, 0.2) is 0 Å². The van der Waals surface area contributed by atoms with Gasteiger partial charge in [-0.1, -0.05) is 13.8 Å². The van der Waals surface area contributed by atoms with Crippen LogP contribution >= 0.6 is 0 Å². The summed E-state index contributed by atoms with van der Waals surface area (Å²) in [5.41, 5.74) is 5.38. The molecule has 1 aromatic heterocycles. The summed E-state index contributed by atoms with van der Waals surface area (Å²) in [6, 6.07) is 21.4. The SMILES string of the molecule is CCOc1ccc(-c2nc3ccc(C(=O)NC[C@H](C)CN4CCC(C)CC4)cc3nc2-c2ccc(OCC)cc2)cc1. The zero-order valence-electron chi connectivity index (χ0n) is 25.2. The molecular formula is C35H42N4O3. The van der Waals surface area contributed by atoms with Gasteiger partial charge in [0, 0.05) is 29.8 Å². The molecule has 2 heterocycles. The molecule has 220 valence electrons. The number of amides is 1. The topological polar surface area (TPSA) is 76.6 Å². The second kappa shape index (κ2) is 13.8. The van der Waals surface area contributed by atoms with E-state index in [1.807, 2.05) is 80.6 Å². The highest BCUT2D eigenvalue weighted by Gasteiger charge is 2.19. The third kappa shape index (κ3) is 7.26. The van der Waals surface area contributed by atoms with Crippen molar-refractivity contribution >= 4 is 16.9 Å². The normalized spacial score (nSPS) is 15.0. The van der Waals surface area contributed by atoms with E-state index in [0.29, 0.717) is 36.8 Å². The molecule has 7 nitrogen and oxygen atoms in total. The first-order valence-corrected chi connectivity index (χ1v) is 15.2. The Bertz CT molecular complexity index is 1480. The van der Waals surface area contributed by atoms with Crippen molar-refractivity contribution in [3.8, 4) is 34.0 Å². The molecule has 4 aromatic rings. The van der Waals surface area contributed by atoms with Crippen molar-refractivity contribution in [3.05, 3.63) is 72.3 Å². The fourth-order valence-electron chi connectivity index (χ4n) is 5.47. The molecule has 1 fully saturated rings. The van der Waals surface area contributed by atoms with Crippen molar-refractivity contribution in [1.82, 2.24) is 20.2 Å². The molecule has 1 atom stereocenters. The van der Waals surface area contributed by atoms with Crippen LogP contribution in [0.15, 0.2) is 66.7 Å². The van der Waals surface area contributed by atoms with Crippen molar-refractivity contribution in [2.45, 2.75) is 40.5 Å². The fourth-order valence-corrected chi connectivity index (χ4v) is 5.47. The van der Waals surface area contributed by atoms with E-state index in [1.165, 1.54) is 12.8 Å². The summed E-state index contributed by atoms with van der Waals surface area (Å²) >= 11 is 0. The monoisotopic (exact) mass is 566 g/mol. The predicted molar refractivity (Wildman–Crippen MR) is 169 cm³/mol. The first-order chi connectivity index (χ1) is 20.4. The van der Waals surface area contributed by atoms with Crippen LogP contribution in [0.3, 0.4) is 0 Å². The van der Waals surface area contributed by atoms with Crippen LogP contribution in [0.25, 0.3) is 33.5 Å². The average molecular weight is 567 g/mol. The van der Waals surface area contributed by atoms with Crippen molar-refractivity contribution < 1.29 is 14.3 Å². The minimum absolute atomic E-state index is 0.0870. The number of rotatable bonds is 11. The lowest BCUT2D eigenvalue weighted by atomic mass is 9.98. The molecule has 1 aliphatic heterocycles. The Morgan fingerprint density at radius 3 is 1.95 bits per heavy atom. The van der Waals surface area contributed by atoms with Crippen molar-refractivity contribution in [3.63, 3.8) is 0 Å². The molecule has 1 amide bonds.